The zero-order valence-corrected chi connectivity index (χ0v) is 6.06. The Kier molecular flexibility index (Phi) is 16.0. The molecule has 3 nitrogen and oxygen atoms in total. The summed E-state index contributed by atoms with van der Waals surface area (Å²) in [5, 5.41) is 11.2. The van der Waals surface area contributed by atoms with E-state index in [9.17, 15) is 4.79 Å². The number of amides is 1. The van der Waals surface area contributed by atoms with E-state index in [1.807, 2.05) is 0 Å². The zero-order valence-electron chi connectivity index (χ0n) is 6.06. The van der Waals surface area contributed by atoms with Crippen LogP contribution in [0.4, 0.5) is 0 Å². The van der Waals surface area contributed by atoms with Gasteiger partial charge in [0.1, 0.15) is 0 Å². The van der Waals surface area contributed by atoms with Crippen molar-refractivity contribution in [3.63, 3.8) is 0 Å². The van der Waals surface area contributed by atoms with Crippen LogP contribution >= 0.6 is 0 Å². The standard InChI is InChI=1S/C6H13NO2.3CH4/c1-5(9)7-6(2,3)4-8;;;/h8H,4H2,1-3H3,(H,7,9);3*1H4. The SMILES string of the molecule is C.C.C.CC(=O)NC(C)(C)CO. The lowest BCUT2D eigenvalue weighted by atomic mass is 10.1. The van der Waals surface area contributed by atoms with Gasteiger partial charge in [0.25, 0.3) is 0 Å². The normalized spacial score (nSPS) is 8.33. The van der Waals surface area contributed by atoms with Crippen LogP contribution in [0.25, 0.3) is 0 Å². The number of rotatable bonds is 2. The lowest BCUT2D eigenvalue weighted by Gasteiger charge is -2.21. The largest absolute Gasteiger partial charge is 0.394 e. The van der Waals surface area contributed by atoms with Crippen molar-refractivity contribution in [2.75, 3.05) is 6.61 Å². The zero-order chi connectivity index (χ0) is 7.49. The maximum Gasteiger partial charge on any atom is 0.217 e. The van der Waals surface area contributed by atoms with Crippen LogP contribution in [0.5, 0.6) is 0 Å². The first-order valence-corrected chi connectivity index (χ1v) is 2.87. The molecule has 0 rings (SSSR count). The molecular formula is C9H25NO2. The Bertz CT molecular complexity index is 111. The van der Waals surface area contributed by atoms with E-state index in [4.69, 9.17) is 5.11 Å². The highest BCUT2D eigenvalue weighted by atomic mass is 16.3. The predicted molar refractivity (Wildman–Crippen MR) is 55.2 cm³/mol. The molecule has 0 aromatic rings. The van der Waals surface area contributed by atoms with Crippen LogP contribution in [0.2, 0.25) is 0 Å². The van der Waals surface area contributed by atoms with Crippen molar-refractivity contribution >= 4 is 5.91 Å². The highest BCUT2D eigenvalue weighted by molar-refractivity contribution is 5.73. The molecule has 0 radical (unpaired) electrons. The summed E-state index contributed by atoms with van der Waals surface area (Å²) in [5.74, 6) is -0.117. The summed E-state index contributed by atoms with van der Waals surface area (Å²) in [7, 11) is 0. The maximum absolute atomic E-state index is 10.4. The molecule has 0 fully saturated rings. The molecule has 0 saturated heterocycles. The molecule has 0 saturated carbocycles. The van der Waals surface area contributed by atoms with Gasteiger partial charge in [-0.2, -0.15) is 0 Å². The molecule has 1 amide bonds. The van der Waals surface area contributed by atoms with E-state index >= 15 is 0 Å². The van der Waals surface area contributed by atoms with Crippen molar-refractivity contribution in [2.24, 2.45) is 0 Å². The van der Waals surface area contributed by atoms with Crippen molar-refractivity contribution in [1.29, 1.82) is 0 Å². The summed E-state index contributed by atoms with van der Waals surface area (Å²) in [6, 6.07) is 0. The average molecular weight is 179 g/mol. The van der Waals surface area contributed by atoms with Crippen LogP contribution < -0.4 is 5.32 Å². The number of aliphatic hydroxyl groups is 1. The van der Waals surface area contributed by atoms with Gasteiger partial charge in [-0.1, -0.05) is 22.3 Å². The van der Waals surface area contributed by atoms with Gasteiger partial charge in [0.15, 0.2) is 0 Å². The minimum atomic E-state index is -0.480. The first-order chi connectivity index (χ1) is 3.98. The van der Waals surface area contributed by atoms with Gasteiger partial charge in [0, 0.05) is 6.92 Å². The van der Waals surface area contributed by atoms with Gasteiger partial charge in [0.2, 0.25) is 5.91 Å². The molecule has 0 aromatic heterocycles. The molecule has 0 aliphatic carbocycles. The molecule has 0 aliphatic heterocycles. The highest BCUT2D eigenvalue weighted by Gasteiger charge is 2.15. The van der Waals surface area contributed by atoms with Crippen molar-refractivity contribution in [1.82, 2.24) is 5.32 Å². The third-order valence-electron chi connectivity index (χ3n) is 0.910. The molecule has 12 heavy (non-hydrogen) atoms. The van der Waals surface area contributed by atoms with E-state index in [2.05, 4.69) is 5.32 Å². The van der Waals surface area contributed by atoms with Gasteiger partial charge < -0.3 is 10.4 Å². The second kappa shape index (κ2) is 8.53. The van der Waals surface area contributed by atoms with E-state index < -0.39 is 5.54 Å². The van der Waals surface area contributed by atoms with E-state index in [1.165, 1.54) is 6.92 Å². The van der Waals surface area contributed by atoms with E-state index in [-0.39, 0.29) is 34.8 Å². The van der Waals surface area contributed by atoms with Crippen molar-refractivity contribution in [3.8, 4) is 0 Å². The molecule has 2 N–H and O–H groups in total. The summed E-state index contributed by atoms with van der Waals surface area (Å²) < 4.78 is 0. The summed E-state index contributed by atoms with van der Waals surface area (Å²) in [4.78, 5) is 10.4. The van der Waals surface area contributed by atoms with Crippen molar-refractivity contribution in [2.45, 2.75) is 48.6 Å². The Balaban J connectivity index is -0.000000107. The Morgan fingerprint density at radius 1 is 1.33 bits per heavy atom. The van der Waals surface area contributed by atoms with Crippen LogP contribution in [0.3, 0.4) is 0 Å². The smallest absolute Gasteiger partial charge is 0.217 e. The summed E-state index contributed by atoms with van der Waals surface area (Å²) in [6.45, 7) is 4.91. The summed E-state index contributed by atoms with van der Waals surface area (Å²) in [5.41, 5.74) is -0.480. The van der Waals surface area contributed by atoms with Crippen molar-refractivity contribution < 1.29 is 9.90 Å². The third-order valence-corrected chi connectivity index (χ3v) is 0.910. The first kappa shape index (κ1) is 22.5. The summed E-state index contributed by atoms with van der Waals surface area (Å²) in [6.07, 6.45) is 0. The van der Waals surface area contributed by atoms with E-state index in [0.717, 1.165) is 0 Å². The molecule has 0 bridgehead atoms. The maximum atomic E-state index is 10.4. The molecule has 0 heterocycles. The van der Waals surface area contributed by atoms with Crippen LogP contribution in [-0.2, 0) is 4.79 Å². The minimum Gasteiger partial charge on any atom is -0.394 e. The molecule has 0 aromatic carbocycles. The monoisotopic (exact) mass is 179 g/mol. The fourth-order valence-corrected chi connectivity index (χ4v) is 0.516. The average Bonchev–Trinajstić information content (AvgIpc) is 1.63. The van der Waals surface area contributed by atoms with Crippen LogP contribution in [0, 0.1) is 0 Å². The topological polar surface area (TPSA) is 49.3 Å². The quantitative estimate of drug-likeness (QED) is 0.679. The molecule has 78 valence electrons. The Morgan fingerprint density at radius 3 is 1.75 bits per heavy atom. The third kappa shape index (κ3) is 12.1. The van der Waals surface area contributed by atoms with Crippen LogP contribution in [-0.4, -0.2) is 23.2 Å². The lowest BCUT2D eigenvalue weighted by molar-refractivity contribution is -0.121. The fourth-order valence-electron chi connectivity index (χ4n) is 0.516. The number of nitrogens with one attached hydrogen (secondary N) is 1. The number of aliphatic hydroxyl groups excluding tert-OH is 1. The highest BCUT2D eigenvalue weighted by Crippen LogP contribution is 1.97. The number of hydrogen-bond donors (Lipinski definition) is 2. The fraction of sp³-hybridized carbons (Fsp3) is 0.889. The Labute approximate surface area is 77.2 Å². The number of carbonyl (C=O) groups excluding carboxylic acids is 1. The molecule has 3 heteroatoms. The van der Waals surface area contributed by atoms with Gasteiger partial charge in [-0.25, -0.2) is 0 Å². The van der Waals surface area contributed by atoms with E-state index in [0.29, 0.717) is 0 Å². The van der Waals surface area contributed by atoms with Crippen LogP contribution in [0.1, 0.15) is 43.1 Å². The molecule has 0 aliphatic rings. The number of carbonyl (C=O) groups is 1. The Hall–Kier alpha value is -0.570. The Morgan fingerprint density at radius 2 is 1.67 bits per heavy atom. The number of hydrogen-bond acceptors (Lipinski definition) is 2. The van der Waals surface area contributed by atoms with E-state index in [1.54, 1.807) is 13.8 Å². The second-order valence-corrected chi connectivity index (χ2v) is 2.72. The first-order valence-electron chi connectivity index (χ1n) is 2.87. The minimum absolute atomic E-state index is 0. The predicted octanol–water partition coefficient (Wildman–Crippen LogP) is 1.80. The molecule has 0 spiro atoms. The van der Waals surface area contributed by atoms with Gasteiger partial charge >= 0.3 is 0 Å². The second-order valence-electron chi connectivity index (χ2n) is 2.72. The van der Waals surface area contributed by atoms with Crippen LogP contribution in [0.15, 0.2) is 0 Å². The lowest BCUT2D eigenvalue weighted by Crippen LogP contribution is -2.45. The molecule has 0 atom stereocenters. The van der Waals surface area contributed by atoms with Gasteiger partial charge in [-0.3, -0.25) is 4.79 Å². The van der Waals surface area contributed by atoms with Gasteiger partial charge in [-0.15, -0.1) is 0 Å². The molecular weight excluding hydrogens is 154 g/mol. The van der Waals surface area contributed by atoms with Gasteiger partial charge in [0.05, 0.1) is 12.1 Å². The van der Waals surface area contributed by atoms with Gasteiger partial charge in [-0.05, 0) is 13.8 Å². The molecule has 0 unspecified atom stereocenters. The van der Waals surface area contributed by atoms with Crippen molar-refractivity contribution in [3.05, 3.63) is 0 Å². The summed E-state index contributed by atoms with van der Waals surface area (Å²) >= 11 is 0.